The molecule has 9 nitrogen and oxygen atoms in total. The third-order valence-corrected chi connectivity index (χ3v) is 11.9. The molecule has 0 N–H and O–H groups in total. The van der Waals surface area contributed by atoms with Crippen molar-refractivity contribution in [3.05, 3.63) is 60.7 Å². The maximum atomic E-state index is 13.3. The molecule has 0 radical (unpaired) electrons. The average Bonchev–Trinajstić information content (AvgIpc) is 2.82. The lowest BCUT2D eigenvalue weighted by Crippen LogP contribution is -2.33. The Morgan fingerprint density at radius 3 is 1.64 bits per heavy atom. The molecule has 0 saturated carbocycles. The van der Waals surface area contributed by atoms with Crippen LogP contribution in [0.3, 0.4) is 0 Å². The Morgan fingerprint density at radius 1 is 0.788 bits per heavy atom. The van der Waals surface area contributed by atoms with Gasteiger partial charge in [-0.1, -0.05) is 36.4 Å². The maximum absolute atomic E-state index is 13.3. The number of esters is 2. The molecule has 0 heterocycles. The van der Waals surface area contributed by atoms with Crippen LogP contribution in [0.5, 0.6) is 0 Å². The van der Waals surface area contributed by atoms with Gasteiger partial charge in [-0.3, -0.25) is 14.4 Å². The van der Waals surface area contributed by atoms with Crippen molar-refractivity contribution in [1.82, 2.24) is 0 Å². The van der Waals surface area contributed by atoms with Gasteiger partial charge in [-0.25, -0.2) is 16.8 Å². The number of hydrogen-bond donors (Lipinski definition) is 0. The minimum absolute atomic E-state index is 0.242. The van der Waals surface area contributed by atoms with E-state index in [1.165, 1.54) is 48.5 Å². The van der Waals surface area contributed by atoms with Gasteiger partial charge in [0.05, 0.1) is 36.2 Å². The second-order valence-corrected chi connectivity index (χ2v) is 12.7. The number of methoxy groups -OCH3 is 2. The molecule has 2 aromatic rings. The Hall–Kier alpha value is -2.70. The number of carbonyl (C=O) groups is 3. The zero-order valence-electron chi connectivity index (χ0n) is 17.7. The summed E-state index contributed by atoms with van der Waals surface area (Å²) >= 11 is 0.339. The van der Waals surface area contributed by atoms with Gasteiger partial charge in [0.25, 0.3) is 0 Å². The average molecular weight is 515 g/mol. The number of ketones is 1. The number of Topliss-reactive ketones (excluding diaryl/α,β-unsaturated/α-hetero) is 1. The molecule has 0 unspecified atom stereocenters. The number of carbonyl (C=O) groups excluding carboxylic acids is 3. The highest BCUT2D eigenvalue weighted by Crippen LogP contribution is 2.34. The van der Waals surface area contributed by atoms with E-state index in [4.69, 9.17) is 0 Å². The van der Waals surface area contributed by atoms with Crippen LogP contribution < -0.4 is 0 Å². The van der Waals surface area contributed by atoms with Crippen molar-refractivity contribution in [3.8, 4) is 0 Å². The molecular formula is C21H22O9S3. The lowest BCUT2D eigenvalue weighted by atomic mass is 10.0. The lowest BCUT2D eigenvalue weighted by molar-refractivity contribution is -0.155. The van der Waals surface area contributed by atoms with Crippen molar-refractivity contribution in [3.63, 3.8) is 0 Å². The van der Waals surface area contributed by atoms with Gasteiger partial charge < -0.3 is 9.47 Å². The summed E-state index contributed by atoms with van der Waals surface area (Å²) in [6.45, 7) is 0. The van der Waals surface area contributed by atoms with Crippen LogP contribution in [0, 0.1) is 5.92 Å². The van der Waals surface area contributed by atoms with Crippen molar-refractivity contribution in [2.45, 2.75) is 20.1 Å². The summed E-state index contributed by atoms with van der Waals surface area (Å²) in [6.07, 6.45) is -0.621. The van der Waals surface area contributed by atoms with Crippen LogP contribution in [0.25, 0.3) is 0 Å². The van der Waals surface area contributed by atoms with Crippen LogP contribution in [-0.4, -0.2) is 58.4 Å². The molecule has 0 aliphatic heterocycles. The molecule has 0 bridgehead atoms. The fraction of sp³-hybridized carbons (Fsp3) is 0.286. The molecule has 0 saturated heterocycles. The van der Waals surface area contributed by atoms with Gasteiger partial charge in [-0.15, -0.1) is 11.8 Å². The fourth-order valence-electron chi connectivity index (χ4n) is 2.76. The predicted octanol–water partition coefficient (Wildman–Crippen LogP) is 1.87. The number of hydrogen-bond acceptors (Lipinski definition) is 10. The number of sulfone groups is 2. The lowest BCUT2D eigenvalue weighted by Gasteiger charge is -2.19. The Balaban J connectivity index is 2.44. The highest BCUT2D eigenvalue weighted by atomic mass is 32.3. The molecule has 2 aromatic carbocycles. The van der Waals surface area contributed by atoms with Gasteiger partial charge in [-0.05, 0) is 24.3 Å². The SMILES string of the molecule is COC(=O)C[C@H](C(=O)CSC(S(=O)(=O)c1ccccc1)S(=O)(=O)c1ccccc1)C(=O)OC. The molecule has 0 aliphatic rings. The fourth-order valence-corrected chi connectivity index (χ4v) is 9.29. The van der Waals surface area contributed by atoms with E-state index < -0.39 is 59.4 Å². The van der Waals surface area contributed by atoms with Gasteiger partial charge >= 0.3 is 11.9 Å². The zero-order chi connectivity index (χ0) is 24.6. The van der Waals surface area contributed by atoms with Gasteiger partial charge in [0.1, 0.15) is 5.92 Å². The minimum atomic E-state index is -4.47. The van der Waals surface area contributed by atoms with Gasteiger partial charge in [0.15, 0.2) is 5.78 Å². The van der Waals surface area contributed by atoms with Crippen LogP contribution in [0.4, 0.5) is 0 Å². The summed E-state index contributed by atoms with van der Waals surface area (Å²) < 4.78 is 60.0. The van der Waals surface area contributed by atoms with Crippen LogP contribution >= 0.6 is 11.8 Å². The molecule has 2 rings (SSSR count). The third kappa shape index (κ3) is 6.42. The minimum Gasteiger partial charge on any atom is -0.469 e. The van der Waals surface area contributed by atoms with Crippen molar-refractivity contribution >= 4 is 49.2 Å². The summed E-state index contributed by atoms with van der Waals surface area (Å²) in [4.78, 5) is 35.8. The van der Waals surface area contributed by atoms with E-state index in [2.05, 4.69) is 9.47 Å². The predicted molar refractivity (Wildman–Crippen MR) is 121 cm³/mol. The molecule has 178 valence electrons. The first kappa shape index (κ1) is 26.6. The van der Waals surface area contributed by atoms with E-state index in [-0.39, 0.29) is 9.79 Å². The molecule has 0 spiro atoms. The van der Waals surface area contributed by atoms with Gasteiger partial charge in [0.2, 0.25) is 23.6 Å². The van der Waals surface area contributed by atoms with E-state index in [1.54, 1.807) is 12.1 Å². The largest absolute Gasteiger partial charge is 0.469 e. The summed E-state index contributed by atoms with van der Waals surface area (Å²) in [5, 5.41) is 0. The molecule has 1 atom stereocenters. The number of thioether (sulfide) groups is 1. The first-order valence-corrected chi connectivity index (χ1v) is 13.6. The van der Waals surface area contributed by atoms with Crippen molar-refractivity contribution in [2.75, 3.05) is 20.0 Å². The van der Waals surface area contributed by atoms with Crippen LogP contribution in [0.1, 0.15) is 6.42 Å². The Labute approximate surface area is 196 Å². The summed E-state index contributed by atoms with van der Waals surface area (Å²) in [5.41, 5.74) is 0. The number of benzene rings is 2. The molecule has 12 heteroatoms. The molecule has 0 fully saturated rings. The molecule has 0 aromatic heterocycles. The molecule has 33 heavy (non-hydrogen) atoms. The highest BCUT2D eigenvalue weighted by Gasteiger charge is 2.42. The van der Waals surface area contributed by atoms with Crippen LogP contribution in [0.15, 0.2) is 70.5 Å². The normalized spacial score (nSPS) is 12.7. The standard InChI is InChI=1S/C21H22O9S3/c1-29-19(23)13-17(20(24)30-2)18(22)14-31-21(32(25,26)15-9-5-3-6-10-15)33(27,28)16-11-7-4-8-12-16/h3-12,17,21H,13-14H2,1-2H3/t17-/m1/s1. The molecular weight excluding hydrogens is 492 g/mol. The monoisotopic (exact) mass is 514 g/mol. The van der Waals surface area contributed by atoms with Crippen LogP contribution in [-0.2, 0) is 43.5 Å². The smallest absolute Gasteiger partial charge is 0.316 e. The zero-order valence-corrected chi connectivity index (χ0v) is 20.2. The second-order valence-electron chi connectivity index (χ2n) is 6.64. The van der Waals surface area contributed by atoms with Crippen molar-refractivity contribution in [1.29, 1.82) is 0 Å². The summed E-state index contributed by atoms with van der Waals surface area (Å²) in [5.74, 6) is -4.98. The van der Waals surface area contributed by atoms with Crippen molar-refractivity contribution < 1.29 is 40.7 Å². The summed E-state index contributed by atoms with van der Waals surface area (Å²) in [6, 6.07) is 13.9. The van der Waals surface area contributed by atoms with Crippen molar-refractivity contribution in [2.24, 2.45) is 5.92 Å². The second kappa shape index (κ2) is 11.4. The Morgan fingerprint density at radius 2 is 1.24 bits per heavy atom. The van der Waals surface area contributed by atoms with E-state index in [9.17, 15) is 31.2 Å². The summed E-state index contributed by atoms with van der Waals surface area (Å²) in [7, 11) is -6.84. The number of rotatable bonds is 11. The van der Waals surface area contributed by atoms with Gasteiger partial charge in [-0.2, -0.15) is 0 Å². The van der Waals surface area contributed by atoms with E-state index in [0.717, 1.165) is 14.2 Å². The molecule has 0 amide bonds. The van der Waals surface area contributed by atoms with E-state index >= 15 is 0 Å². The molecule has 0 aliphatic carbocycles. The topological polar surface area (TPSA) is 138 Å². The van der Waals surface area contributed by atoms with E-state index in [0.29, 0.717) is 11.8 Å². The highest BCUT2D eigenvalue weighted by molar-refractivity contribution is 8.27. The van der Waals surface area contributed by atoms with Crippen LogP contribution in [0.2, 0.25) is 0 Å². The first-order chi connectivity index (χ1) is 15.6. The maximum Gasteiger partial charge on any atom is 0.316 e. The third-order valence-electron chi connectivity index (χ3n) is 4.48. The Bertz CT molecular complexity index is 1120. The van der Waals surface area contributed by atoms with Gasteiger partial charge in [0, 0.05) is 0 Å². The quantitative estimate of drug-likeness (QED) is 0.323. The van der Waals surface area contributed by atoms with E-state index in [1.807, 2.05) is 0 Å². The number of ether oxygens (including phenoxy) is 2. The Kier molecular flexibility index (Phi) is 9.20. The first-order valence-electron chi connectivity index (χ1n) is 9.42.